The molecule has 0 spiro atoms. The molecule has 74 valence electrons. The highest BCUT2D eigenvalue weighted by molar-refractivity contribution is 14.1. The fourth-order valence-corrected chi connectivity index (χ4v) is 2.46. The van der Waals surface area contributed by atoms with E-state index in [9.17, 15) is 4.79 Å². The molecule has 1 fully saturated rings. The number of carbonyl (C=O) groups excluding carboxylic acids is 1. The van der Waals surface area contributed by atoms with Crippen LogP contribution in [-0.2, 0) is 9.53 Å². The minimum Gasteiger partial charge on any atom is -0.465 e. The lowest BCUT2D eigenvalue weighted by atomic mass is 9.84. The number of halogens is 1. The third-order valence-corrected chi connectivity index (χ3v) is 3.14. The van der Waals surface area contributed by atoms with Crippen LogP contribution in [0.3, 0.4) is 0 Å². The van der Waals surface area contributed by atoms with Crippen LogP contribution < -0.4 is 0 Å². The van der Waals surface area contributed by atoms with E-state index in [1.165, 1.54) is 0 Å². The summed E-state index contributed by atoms with van der Waals surface area (Å²) in [6.45, 7) is 6.54. The maximum Gasteiger partial charge on any atom is 0.309 e. The van der Waals surface area contributed by atoms with Crippen molar-refractivity contribution in [2.45, 2.75) is 19.8 Å². The number of ether oxygens (including phenoxy) is 1. The first-order chi connectivity index (χ1) is 6.16. The largest absolute Gasteiger partial charge is 0.465 e. The molecule has 0 bridgehead atoms. The van der Waals surface area contributed by atoms with Crippen LogP contribution in [0.25, 0.3) is 0 Å². The van der Waals surface area contributed by atoms with Crippen molar-refractivity contribution in [3.63, 3.8) is 0 Å². The van der Waals surface area contributed by atoms with Gasteiger partial charge in [-0.1, -0.05) is 34.7 Å². The monoisotopic (exact) mass is 294 g/mol. The van der Waals surface area contributed by atoms with Gasteiger partial charge in [-0.15, -0.1) is 0 Å². The molecule has 1 saturated heterocycles. The summed E-state index contributed by atoms with van der Waals surface area (Å²) in [6, 6.07) is 0. The topological polar surface area (TPSA) is 26.3 Å². The number of carbonyl (C=O) groups is 1. The SMILES string of the molecule is C=C(C)[C@@H](CCI)[C@@H]1CCOC1=O. The van der Waals surface area contributed by atoms with Gasteiger partial charge in [-0.25, -0.2) is 0 Å². The Morgan fingerprint density at radius 3 is 2.92 bits per heavy atom. The Hall–Kier alpha value is -0.0600. The van der Waals surface area contributed by atoms with Crippen LogP contribution in [0.1, 0.15) is 19.8 Å². The standard InChI is InChI=1S/C10H15IO2/c1-7(2)8(3-5-11)9-4-6-13-10(9)12/h8-9H,1,3-6H2,2H3/t8-,9+/m1/s1. The third kappa shape index (κ3) is 2.69. The van der Waals surface area contributed by atoms with E-state index in [-0.39, 0.29) is 11.9 Å². The number of hydrogen-bond donors (Lipinski definition) is 0. The van der Waals surface area contributed by atoms with E-state index in [1.807, 2.05) is 6.92 Å². The molecular formula is C10H15IO2. The summed E-state index contributed by atoms with van der Waals surface area (Å²) >= 11 is 2.34. The van der Waals surface area contributed by atoms with Gasteiger partial charge in [0.2, 0.25) is 0 Å². The molecule has 3 heteroatoms. The molecule has 1 rings (SSSR count). The Kier molecular flexibility index (Phi) is 4.22. The Balaban J connectivity index is 2.63. The molecule has 0 saturated carbocycles. The van der Waals surface area contributed by atoms with Crippen LogP contribution in [0, 0.1) is 11.8 Å². The van der Waals surface area contributed by atoms with Crippen LogP contribution in [0.5, 0.6) is 0 Å². The summed E-state index contributed by atoms with van der Waals surface area (Å²) in [5, 5.41) is 0. The highest BCUT2D eigenvalue weighted by Crippen LogP contribution is 2.31. The van der Waals surface area contributed by atoms with Gasteiger partial charge in [0, 0.05) is 4.43 Å². The molecule has 0 unspecified atom stereocenters. The van der Waals surface area contributed by atoms with Crippen LogP contribution in [0.4, 0.5) is 0 Å². The minimum absolute atomic E-state index is 0.0298. The lowest BCUT2D eigenvalue weighted by Crippen LogP contribution is -2.20. The first kappa shape index (κ1) is 11.0. The Labute approximate surface area is 92.9 Å². The van der Waals surface area contributed by atoms with E-state index in [2.05, 4.69) is 29.2 Å². The fraction of sp³-hybridized carbons (Fsp3) is 0.700. The van der Waals surface area contributed by atoms with E-state index in [0.29, 0.717) is 12.5 Å². The Morgan fingerprint density at radius 2 is 2.54 bits per heavy atom. The molecule has 2 atom stereocenters. The molecule has 0 aliphatic carbocycles. The second kappa shape index (κ2) is 4.98. The average molecular weight is 294 g/mol. The normalized spacial score (nSPS) is 24.2. The van der Waals surface area contributed by atoms with Crippen molar-refractivity contribution in [2.24, 2.45) is 11.8 Å². The summed E-state index contributed by atoms with van der Waals surface area (Å²) in [6.07, 6.45) is 1.91. The second-order valence-electron chi connectivity index (χ2n) is 3.49. The van der Waals surface area contributed by atoms with Gasteiger partial charge in [0.05, 0.1) is 12.5 Å². The van der Waals surface area contributed by atoms with E-state index in [4.69, 9.17) is 4.74 Å². The van der Waals surface area contributed by atoms with Gasteiger partial charge in [-0.05, 0) is 25.7 Å². The van der Waals surface area contributed by atoms with Crippen molar-refractivity contribution in [2.75, 3.05) is 11.0 Å². The van der Waals surface area contributed by atoms with E-state index in [1.54, 1.807) is 0 Å². The van der Waals surface area contributed by atoms with Crippen molar-refractivity contribution in [3.05, 3.63) is 12.2 Å². The van der Waals surface area contributed by atoms with Crippen LogP contribution in [0.15, 0.2) is 12.2 Å². The molecule has 1 heterocycles. The van der Waals surface area contributed by atoms with E-state index >= 15 is 0 Å². The summed E-state index contributed by atoms with van der Waals surface area (Å²) < 4.78 is 6.03. The van der Waals surface area contributed by atoms with Crippen LogP contribution >= 0.6 is 22.6 Å². The van der Waals surface area contributed by atoms with Crippen molar-refractivity contribution in [3.8, 4) is 0 Å². The lowest BCUT2D eigenvalue weighted by Gasteiger charge is -2.19. The summed E-state index contributed by atoms with van der Waals surface area (Å²) in [7, 11) is 0. The average Bonchev–Trinajstić information content (AvgIpc) is 2.47. The molecule has 13 heavy (non-hydrogen) atoms. The zero-order valence-electron chi connectivity index (χ0n) is 7.88. The molecule has 2 nitrogen and oxygen atoms in total. The van der Waals surface area contributed by atoms with Crippen molar-refractivity contribution < 1.29 is 9.53 Å². The highest BCUT2D eigenvalue weighted by Gasteiger charge is 2.33. The maximum atomic E-state index is 11.3. The van der Waals surface area contributed by atoms with Gasteiger partial charge in [0.15, 0.2) is 0 Å². The van der Waals surface area contributed by atoms with Gasteiger partial charge in [-0.3, -0.25) is 4.79 Å². The predicted octanol–water partition coefficient (Wildman–Crippen LogP) is 2.57. The smallest absolute Gasteiger partial charge is 0.309 e. The van der Waals surface area contributed by atoms with Crippen molar-refractivity contribution in [1.82, 2.24) is 0 Å². The maximum absolute atomic E-state index is 11.3. The third-order valence-electron chi connectivity index (χ3n) is 2.51. The summed E-state index contributed by atoms with van der Waals surface area (Å²) in [4.78, 5) is 11.3. The highest BCUT2D eigenvalue weighted by atomic mass is 127. The van der Waals surface area contributed by atoms with Gasteiger partial charge in [0.1, 0.15) is 0 Å². The van der Waals surface area contributed by atoms with E-state index < -0.39 is 0 Å². The molecule has 0 aromatic carbocycles. The number of alkyl halides is 1. The number of cyclic esters (lactones) is 1. The molecule has 0 radical (unpaired) electrons. The van der Waals surface area contributed by atoms with Gasteiger partial charge in [0.25, 0.3) is 0 Å². The minimum atomic E-state index is -0.0298. The zero-order valence-corrected chi connectivity index (χ0v) is 10.0. The molecule has 0 aromatic heterocycles. The quantitative estimate of drug-likeness (QED) is 0.345. The Bertz CT molecular complexity index is 213. The molecule has 1 aliphatic rings. The van der Waals surface area contributed by atoms with Crippen molar-refractivity contribution in [1.29, 1.82) is 0 Å². The summed E-state index contributed by atoms with van der Waals surface area (Å²) in [5.74, 6) is 0.372. The molecule has 0 N–H and O–H groups in total. The molecule has 0 aromatic rings. The fourth-order valence-electron chi connectivity index (χ4n) is 1.79. The van der Waals surface area contributed by atoms with Gasteiger partial charge in [-0.2, -0.15) is 0 Å². The molecule has 0 amide bonds. The first-order valence-corrected chi connectivity index (χ1v) is 6.07. The summed E-state index contributed by atoms with van der Waals surface area (Å²) in [5.41, 5.74) is 1.11. The van der Waals surface area contributed by atoms with E-state index in [0.717, 1.165) is 22.8 Å². The lowest BCUT2D eigenvalue weighted by molar-refractivity contribution is -0.142. The molecule has 1 aliphatic heterocycles. The van der Waals surface area contributed by atoms with Crippen LogP contribution in [-0.4, -0.2) is 17.0 Å². The van der Waals surface area contributed by atoms with Crippen LogP contribution in [0.2, 0.25) is 0 Å². The van der Waals surface area contributed by atoms with Crippen molar-refractivity contribution >= 4 is 28.6 Å². The Morgan fingerprint density at radius 1 is 1.85 bits per heavy atom. The number of esters is 1. The predicted molar refractivity (Wildman–Crippen MR) is 60.9 cm³/mol. The number of rotatable bonds is 4. The van der Waals surface area contributed by atoms with Gasteiger partial charge < -0.3 is 4.74 Å². The first-order valence-electron chi connectivity index (χ1n) is 4.54. The number of hydrogen-bond acceptors (Lipinski definition) is 2. The zero-order chi connectivity index (χ0) is 9.84. The second-order valence-corrected chi connectivity index (χ2v) is 4.57. The van der Waals surface area contributed by atoms with Gasteiger partial charge >= 0.3 is 5.97 Å². The number of allylic oxidation sites excluding steroid dienone is 1. The molecular weight excluding hydrogens is 279 g/mol.